The van der Waals surface area contributed by atoms with E-state index in [9.17, 15) is 22.8 Å². The molecule has 192 valence electrons. The Hall–Kier alpha value is -2.66. The summed E-state index contributed by atoms with van der Waals surface area (Å²) in [5, 5.41) is 2.71. The average molecular weight is 507 g/mol. The number of hydrogen-bond acceptors (Lipinski definition) is 6. The molecule has 1 heterocycles. The van der Waals surface area contributed by atoms with Crippen LogP contribution in [0.5, 0.6) is 0 Å². The first-order valence-corrected chi connectivity index (χ1v) is 13.4. The van der Waals surface area contributed by atoms with Gasteiger partial charge in [0.25, 0.3) is 5.56 Å². The molecule has 4 rings (SSSR count). The number of carbonyl (C=O) groups excluding carboxylic acids is 1. The number of ether oxygens (including phenoxy) is 1. The van der Waals surface area contributed by atoms with Gasteiger partial charge in [0.05, 0.1) is 15.8 Å². The van der Waals surface area contributed by atoms with Crippen molar-refractivity contribution in [1.29, 1.82) is 0 Å². The van der Waals surface area contributed by atoms with Gasteiger partial charge in [0.15, 0.2) is 0 Å². The molecule has 0 unspecified atom stereocenters. The van der Waals surface area contributed by atoms with E-state index in [-0.39, 0.29) is 28.8 Å². The smallest absolute Gasteiger partial charge is 0.407 e. The van der Waals surface area contributed by atoms with Crippen LogP contribution in [0.3, 0.4) is 0 Å². The maximum absolute atomic E-state index is 13.4. The molecular formula is C24H34N4O6S. The van der Waals surface area contributed by atoms with Crippen LogP contribution in [0.25, 0.3) is 10.9 Å². The van der Waals surface area contributed by atoms with Gasteiger partial charge in [0.2, 0.25) is 10.0 Å². The number of aromatic nitrogens is 2. The normalized spacial score (nSPS) is 18.3. The number of hydrogen-bond donors (Lipinski definition) is 2. The molecule has 35 heavy (non-hydrogen) atoms. The molecule has 1 aromatic heterocycles. The third-order valence-electron chi connectivity index (χ3n) is 6.53. The zero-order valence-electron chi connectivity index (χ0n) is 20.9. The maximum Gasteiger partial charge on any atom is 0.407 e. The van der Waals surface area contributed by atoms with Crippen LogP contribution in [0.15, 0.2) is 32.7 Å². The van der Waals surface area contributed by atoms with E-state index in [0.29, 0.717) is 12.1 Å². The molecule has 0 bridgehead atoms. The van der Waals surface area contributed by atoms with Crippen LogP contribution < -0.4 is 21.3 Å². The van der Waals surface area contributed by atoms with Crippen LogP contribution >= 0.6 is 0 Å². The predicted molar refractivity (Wildman–Crippen MR) is 132 cm³/mol. The maximum atomic E-state index is 13.4. The van der Waals surface area contributed by atoms with Crippen molar-refractivity contribution in [2.24, 2.45) is 5.41 Å². The number of carbonyl (C=O) groups is 1. The molecule has 0 aliphatic heterocycles. The molecule has 0 saturated heterocycles. The van der Waals surface area contributed by atoms with E-state index in [1.54, 1.807) is 25.3 Å². The zero-order chi connectivity index (χ0) is 25.8. The minimum absolute atomic E-state index is 0.00470. The summed E-state index contributed by atoms with van der Waals surface area (Å²) in [7, 11) is -3.83. The van der Waals surface area contributed by atoms with Gasteiger partial charge in [-0.1, -0.05) is 6.92 Å². The fourth-order valence-corrected chi connectivity index (χ4v) is 5.42. The average Bonchev–Trinajstić information content (AvgIpc) is 3.65. The summed E-state index contributed by atoms with van der Waals surface area (Å²) >= 11 is 0. The minimum atomic E-state index is -3.83. The third-order valence-corrected chi connectivity index (χ3v) is 8.17. The van der Waals surface area contributed by atoms with Crippen molar-refractivity contribution >= 4 is 27.0 Å². The summed E-state index contributed by atoms with van der Waals surface area (Å²) in [6.45, 7) is 9.48. The minimum Gasteiger partial charge on any atom is -0.444 e. The zero-order valence-corrected chi connectivity index (χ0v) is 21.8. The molecule has 2 fully saturated rings. The fourth-order valence-electron chi connectivity index (χ4n) is 3.93. The highest BCUT2D eigenvalue weighted by molar-refractivity contribution is 7.89. The van der Waals surface area contributed by atoms with Crippen LogP contribution in [0.2, 0.25) is 0 Å². The lowest BCUT2D eigenvalue weighted by atomic mass is 10.1. The second-order valence-electron chi connectivity index (χ2n) is 11.4. The summed E-state index contributed by atoms with van der Waals surface area (Å²) < 4.78 is 36.4. The van der Waals surface area contributed by atoms with Crippen LogP contribution in [0.1, 0.15) is 60.3 Å². The van der Waals surface area contributed by atoms with Crippen molar-refractivity contribution in [3.05, 3.63) is 39.0 Å². The molecule has 2 saturated carbocycles. The first-order chi connectivity index (χ1) is 16.1. The SMILES string of the molecule is CC1(Cn2c(=O)n(CCNC(=O)OC(C)(C)C)c(=O)c3cc(S(=O)(=O)NC4(C)CC4)ccc32)CC1. The topological polar surface area (TPSA) is 128 Å². The summed E-state index contributed by atoms with van der Waals surface area (Å²) in [6, 6.07) is 4.32. The van der Waals surface area contributed by atoms with E-state index in [0.717, 1.165) is 30.3 Å². The summed E-state index contributed by atoms with van der Waals surface area (Å²) in [5.74, 6) is 0. The van der Waals surface area contributed by atoms with Gasteiger partial charge >= 0.3 is 11.8 Å². The Morgan fingerprint density at radius 1 is 1.09 bits per heavy atom. The van der Waals surface area contributed by atoms with Crippen molar-refractivity contribution < 1.29 is 17.9 Å². The van der Waals surface area contributed by atoms with Crippen LogP contribution in [0, 0.1) is 5.41 Å². The molecule has 2 aliphatic rings. The van der Waals surface area contributed by atoms with Gasteiger partial charge in [-0.2, -0.15) is 0 Å². The van der Waals surface area contributed by atoms with Gasteiger partial charge in [-0.15, -0.1) is 0 Å². The van der Waals surface area contributed by atoms with E-state index in [1.165, 1.54) is 18.2 Å². The molecule has 0 radical (unpaired) electrons. The molecule has 2 aromatic rings. The Bertz CT molecular complexity index is 1390. The van der Waals surface area contributed by atoms with Crippen molar-refractivity contribution in [2.75, 3.05) is 6.54 Å². The highest BCUT2D eigenvalue weighted by atomic mass is 32.2. The number of alkyl carbamates (subject to hydrolysis) is 1. The van der Waals surface area contributed by atoms with Crippen molar-refractivity contribution in [2.45, 2.75) is 89.4 Å². The summed E-state index contributed by atoms with van der Waals surface area (Å²) in [4.78, 5) is 38.7. The fraction of sp³-hybridized carbons (Fsp3) is 0.625. The highest BCUT2D eigenvalue weighted by Gasteiger charge is 2.41. The van der Waals surface area contributed by atoms with Gasteiger partial charge in [-0.05, 0) is 77.0 Å². The quantitative estimate of drug-likeness (QED) is 0.565. The Morgan fingerprint density at radius 2 is 1.74 bits per heavy atom. The standard InChI is InChI=1S/C24H34N4O6S/c1-22(2,3)34-20(30)25-12-13-27-19(29)17-14-16(35(32,33)26-24(5)10-11-24)6-7-18(17)28(21(27)31)15-23(4)8-9-23/h6-7,14,26H,8-13,15H2,1-5H3,(H,25,30). The molecule has 1 aromatic carbocycles. The molecular weight excluding hydrogens is 472 g/mol. The summed E-state index contributed by atoms with van der Waals surface area (Å²) in [5.41, 5.74) is -1.85. The number of benzene rings is 1. The largest absolute Gasteiger partial charge is 0.444 e. The lowest BCUT2D eigenvalue weighted by Gasteiger charge is -2.20. The third kappa shape index (κ3) is 5.78. The van der Waals surface area contributed by atoms with E-state index in [4.69, 9.17) is 4.74 Å². The lowest BCUT2D eigenvalue weighted by molar-refractivity contribution is 0.0525. The Kier molecular flexibility index (Phi) is 6.16. The van der Waals surface area contributed by atoms with Crippen LogP contribution in [0.4, 0.5) is 4.79 Å². The number of nitrogens with one attached hydrogen (secondary N) is 2. The highest BCUT2D eigenvalue weighted by Crippen LogP contribution is 2.46. The molecule has 2 N–H and O–H groups in total. The molecule has 10 nitrogen and oxygen atoms in total. The Morgan fingerprint density at radius 3 is 2.31 bits per heavy atom. The van der Waals surface area contributed by atoms with Gasteiger partial charge in [-0.25, -0.2) is 22.7 Å². The predicted octanol–water partition coefficient (Wildman–Crippen LogP) is 2.32. The van der Waals surface area contributed by atoms with Gasteiger partial charge in [-0.3, -0.25) is 13.9 Å². The van der Waals surface area contributed by atoms with Gasteiger partial charge in [0.1, 0.15) is 5.60 Å². The molecule has 11 heteroatoms. The van der Waals surface area contributed by atoms with Crippen molar-refractivity contribution in [3.8, 4) is 0 Å². The molecule has 0 spiro atoms. The second-order valence-corrected chi connectivity index (χ2v) is 13.1. The van der Waals surface area contributed by atoms with E-state index in [2.05, 4.69) is 17.0 Å². The van der Waals surface area contributed by atoms with Crippen LogP contribution in [-0.4, -0.2) is 41.3 Å². The first kappa shape index (κ1) is 25.4. The van der Waals surface area contributed by atoms with E-state index >= 15 is 0 Å². The van der Waals surface area contributed by atoms with E-state index in [1.807, 2.05) is 6.92 Å². The Balaban J connectivity index is 1.71. The number of nitrogens with zero attached hydrogens (tertiary/aromatic N) is 2. The second kappa shape index (κ2) is 8.48. The molecule has 2 aliphatic carbocycles. The monoisotopic (exact) mass is 506 g/mol. The Labute approximate surface area is 204 Å². The first-order valence-electron chi connectivity index (χ1n) is 11.9. The molecule has 0 atom stereocenters. The van der Waals surface area contributed by atoms with Crippen molar-refractivity contribution in [1.82, 2.24) is 19.2 Å². The number of rotatable bonds is 8. The van der Waals surface area contributed by atoms with Gasteiger partial charge < -0.3 is 10.1 Å². The number of sulfonamides is 1. The number of amides is 1. The van der Waals surface area contributed by atoms with Crippen molar-refractivity contribution in [3.63, 3.8) is 0 Å². The van der Waals surface area contributed by atoms with Crippen LogP contribution in [-0.2, 0) is 27.8 Å². The molecule has 1 amide bonds. The number of fused-ring (bicyclic) bond motifs is 1. The lowest BCUT2D eigenvalue weighted by Crippen LogP contribution is -2.44. The van der Waals surface area contributed by atoms with Gasteiger partial charge in [0, 0.05) is 25.2 Å². The van der Waals surface area contributed by atoms with E-state index < -0.39 is 38.5 Å². The summed E-state index contributed by atoms with van der Waals surface area (Å²) in [6.07, 6.45) is 2.81.